The van der Waals surface area contributed by atoms with Gasteiger partial charge in [-0.25, -0.2) is 9.97 Å². The molecular weight excluding hydrogens is 214 g/mol. The van der Waals surface area contributed by atoms with Crippen LogP contribution >= 0.6 is 0 Å². The Bertz CT molecular complexity index is 513. The Labute approximate surface area is 100 Å². The highest BCUT2D eigenvalue weighted by molar-refractivity contribution is 5.72. The molecule has 0 amide bonds. The fourth-order valence-corrected chi connectivity index (χ4v) is 2.35. The van der Waals surface area contributed by atoms with Gasteiger partial charge in [0.1, 0.15) is 11.6 Å². The normalized spacial score (nSPS) is 16.9. The number of rotatable bonds is 3. The van der Waals surface area contributed by atoms with Crippen LogP contribution in [0.25, 0.3) is 11.2 Å². The fourth-order valence-electron chi connectivity index (χ4n) is 2.35. The minimum atomic E-state index is 0.523. The smallest absolute Gasteiger partial charge is 0.179 e. The summed E-state index contributed by atoms with van der Waals surface area (Å²) in [6.07, 6.45) is 3.62. The molecule has 1 fully saturated rings. The zero-order valence-electron chi connectivity index (χ0n) is 9.82. The van der Waals surface area contributed by atoms with E-state index in [9.17, 15) is 0 Å². The molecule has 2 aromatic rings. The van der Waals surface area contributed by atoms with Gasteiger partial charge in [0, 0.05) is 13.0 Å². The van der Waals surface area contributed by atoms with E-state index in [0.717, 1.165) is 30.0 Å². The number of pyridine rings is 1. The average molecular weight is 231 g/mol. The predicted molar refractivity (Wildman–Crippen MR) is 67.7 cm³/mol. The number of nitrogens with one attached hydrogen (secondary N) is 1. The van der Waals surface area contributed by atoms with Crippen molar-refractivity contribution >= 4 is 17.0 Å². The van der Waals surface area contributed by atoms with Crippen LogP contribution in [0.4, 0.5) is 5.82 Å². The maximum atomic E-state index is 5.63. The van der Waals surface area contributed by atoms with E-state index in [0.29, 0.717) is 5.82 Å². The van der Waals surface area contributed by atoms with E-state index in [1.807, 2.05) is 6.07 Å². The van der Waals surface area contributed by atoms with E-state index < -0.39 is 0 Å². The van der Waals surface area contributed by atoms with Gasteiger partial charge in [0.05, 0.1) is 5.52 Å². The molecule has 5 heteroatoms. The van der Waals surface area contributed by atoms with Gasteiger partial charge in [-0.05, 0) is 38.1 Å². The van der Waals surface area contributed by atoms with Crippen LogP contribution < -0.4 is 5.73 Å². The van der Waals surface area contributed by atoms with Crippen LogP contribution in [-0.4, -0.2) is 39.5 Å². The summed E-state index contributed by atoms with van der Waals surface area (Å²) in [5.74, 6) is 1.53. The standard InChI is InChI=1S/C12H17N5/c13-10-4-3-9-12(15-10)16-11(14-9)5-8-17-6-1-2-7-17/h3-4H,1-2,5-8H2,(H3,13,14,15,16). The molecule has 2 aromatic heterocycles. The highest BCUT2D eigenvalue weighted by Gasteiger charge is 2.12. The third-order valence-electron chi connectivity index (χ3n) is 3.28. The molecular formula is C12H17N5. The lowest BCUT2D eigenvalue weighted by molar-refractivity contribution is 0.341. The molecule has 1 aliphatic rings. The largest absolute Gasteiger partial charge is 0.384 e. The highest BCUT2D eigenvalue weighted by Crippen LogP contribution is 2.12. The van der Waals surface area contributed by atoms with Crippen LogP contribution in [0.5, 0.6) is 0 Å². The first-order valence-electron chi connectivity index (χ1n) is 6.15. The molecule has 1 aliphatic heterocycles. The summed E-state index contributed by atoms with van der Waals surface area (Å²) < 4.78 is 0. The number of likely N-dealkylation sites (tertiary alicyclic amines) is 1. The van der Waals surface area contributed by atoms with Crippen molar-refractivity contribution in [2.45, 2.75) is 19.3 Å². The van der Waals surface area contributed by atoms with E-state index >= 15 is 0 Å². The number of anilines is 1. The molecule has 0 radical (unpaired) electrons. The van der Waals surface area contributed by atoms with Crippen LogP contribution in [0.3, 0.4) is 0 Å². The minimum Gasteiger partial charge on any atom is -0.384 e. The van der Waals surface area contributed by atoms with Gasteiger partial charge in [-0.2, -0.15) is 0 Å². The molecule has 0 spiro atoms. The number of imidazole rings is 1. The van der Waals surface area contributed by atoms with Crippen molar-refractivity contribution < 1.29 is 0 Å². The van der Waals surface area contributed by atoms with Crippen LogP contribution in [-0.2, 0) is 6.42 Å². The first kappa shape index (κ1) is 10.5. The Kier molecular flexibility index (Phi) is 2.68. The van der Waals surface area contributed by atoms with Gasteiger partial charge in [0.15, 0.2) is 5.65 Å². The van der Waals surface area contributed by atoms with Crippen molar-refractivity contribution in [2.75, 3.05) is 25.4 Å². The number of hydrogen-bond acceptors (Lipinski definition) is 4. The summed E-state index contributed by atoms with van der Waals surface area (Å²) in [6.45, 7) is 3.53. The second-order valence-corrected chi connectivity index (χ2v) is 4.59. The molecule has 0 bridgehead atoms. The number of aromatic nitrogens is 3. The van der Waals surface area contributed by atoms with Crippen molar-refractivity contribution in [3.8, 4) is 0 Å². The first-order valence-corrected chi connectivity index (χ1v) is 6.15. The zero-order chi connectivity index (χ0) is 11.7. The number of H-pyrrole nitrogens is 1. The Morgan fingerprint density at radius 3 is 2.88 bits per heavy atom. The van der Waals surface area contributed by atoms with Crippen LogP contribution in [0.2, 0.25) is 0 Å². The van der Waals surface area contributed by atoms with Crippen molar-refractivity contribution in [1.82, 2.24) is 19.9 Å². The molecule has 0 unspecified atom stereocenters. The lowest BCUT2D eigenvalue weighted by atomic mass is 10.4. The average Bonchev–Trinajstić information content (AvgIpc) is 2.94. The quantitative estimate of drug-likeness (QED) is 0.832. The number of nitrogens with two attached hydrogens (primary N) is 1. The van der Waals surface area contributed by atoms with E-state index in [1.165, 1.54) is 25.9 Å². The van der Waals surface area contributed by atoms with E-state index in [2.05, 4.69) is 19.9 Å². The maximum Gasteiger partial charge on any atom is 0.179 e. The molecule has 1 saturated heterocycles. The Morgan fingerprint density at radius 1 is 1.24 bits per heavy atom. The molecule has 0 saturated carbocycles. The summed E-state index contributed by atoms with van der Waals surface area (Å²) in [5.41, 5.74) is 7.33. The Morgan fingerprint density at radius 2 is 2.06 bits per heavy atom. The van der Waals surface area contributed by atoms with Crippen molar-refractivity contribution in [3.05, 3.63) is 18.0 Å². The number of hydrogen-bond donors (Lipinski definition) is 2. The van der Waals surface area contributed by atoms with Gasteiger partial charge in [-0.3, -0.25) is 0 Å². The van der Waals surface area contributed by atoms with Crippen molar-refractivity contribution in [3.63, 3.8) is 0 Å². The molecule has 0 atom stereocenters. The van der Waals surface area contributed by atoms with Crippen LogP contribution in [0.15, 0.2) is 12.1 Å². The van der Waals surface area contributed by atoms with E-state index in [-0.39, 0.29) is 0 Å². The summed E-state index contributed by atoms with van der Waals surface area (Å²) in [5, 5.41) is 0. The molecule has 0 aromatic carbocycles. The zero-order valence-corrected chi connectivity index (χ0v) is 9.82. The number of aromatic amines is 1. The lowest BCUT2D eigenvalue weighted by Crippen LogP contribution is -2.22. The van der Waals surface area contributed by atoms with Gasteiger partial charge >= 0.3 is 0 Å². The van der Waals surface area contributed by atoms with Crippen LogP contribution in [0, 0.1) is 0 Å². The Balaban J connectivity index is 1.72. The molecule has 5 nitrogen and oxygen atoms in total. The molecule has 0 aliphatic carbocycles. The highest BCUT2D eigenvalue weighted by atomic mass is 15.1. The number of nitrogens with zero attached hydrogens (tertiary/aromatic N) is 3. The predicted octanol–water partition coefficient (Wildman–Crippen LogP) is 1.18. The van der Waals surface area contributed by atoms with Gasteiger partial charge in [0.25, 0.3) is 0 Å². The number of nitrogen functional groups attached to an aromatic ring is 1. The maximum absolute atomic E-state index is 5.63. The first-order chi connectivity index (χ1) is 8.31. The second-order valence-electron chi connectivity index (χ2n) is 4.59. The third-order valence-corrected chi connectivity index (χ3v) is 3.28. The monoisotopic (exact) mass is 231 g/mol. The van der Waals surface area contributed by atoms with E-state index in [4.69, 9.17) is 5.73 Å². The topological polar surface area (TPSA) is 70.8 Å². The molecule has 3 rings (SSSR count). The third kappa shape index (κ3) is 2.24. The van der Waals surface area contributed by atoms with Gasteiger partial charge < -0.3 is 15.6 Å². The summed E-state index contributed by atoms with van der Waals surface area (Å²) in [6, 6.07) is 3.73. The lowest BCUT2D eigenvalue weighted by Gasteiger charge is -2.12. The summed E-state index contributed by atoms with van der Waals surface area (Å²) in [4.78, 5) is 14.4. The fraction of sp³-hybridized carbons (Fsp3) is 0.500. The van der Waals surface area contributed by atoms with Gasteiger partial charge in [0.2, 0.25) is 0 Å². The molecule has 17 heavy (non-hydrogen) atoms. The van der Waals surface area contributed by atoms with Crippen LogP contribution in [0.1, 0.15) is 18.7 Å². The Hall–Kier alpha value is -1.62. The second kappa shape index (κ2) is 4.33. The van der Waals surface area contributed by atoms with Crippen molar-refractivity contribution in [1.29, 1.82) is 0 Å². The molecule has 90 valence electrons. The summed E-state index contributed by atoms with van der Waals surface area (Å²) >= 11 is 0. The van der Waals surface area contributed by atoms with Gasteiger partial charge in [-0.1, -0.05) is 0 Å². The summed E-state index contributed by atoms with van der Waals surface area (Å²) in [7, 11) is 0. The molecule has 3 heterocycles. The van der Waals surface area contributed by atoms with E-state index in [1.54, 1.807) is 6.07 Å². The number of fused-ring (bicyclic) bond motifs is 1. The molecule has 3 N–H and O–H groups in total. The minimum absolute atomic E-state index is 0.523. The van der Waals surface area contributed by atoms with Crippen molar-refractivity contribution in [2.24, 2.45) is 0 Å². The SMILES string of the molecule is Nc1ccc2[nH]c(CCN3CCCC3)nc2n1. The van der Waals surface area contributed by atoms with Gasteiger partial charge in [-0.15, -0.1) is 0 Å².